The van der Waals surface area contributed by atoms with Crippen molar-refractivity contribution in [1.29, 1.82) is 0 Å². The van der Waals surface area contributed by atoms with Crippen molar-refractivity contribution in [3.05, 3.63) is 58.9 Å². The lowest BCUT2D eigenvalue weighted by Gasteiger charge is -2.11. The lowest BCUT2D eigenvalue weighted by molar-refractivity contribution is 0.628. The Morgan fingerprint density at radius 3 is 2.68 bits per heavy atom. The monoisotopic (exact) mass is 275 g/mol. The zero-order valence-corrected chi connectivity index (χ0v) is 11.3. The minimum absolute atomic E-state index is 0.169. The summed E-state index contributed by atoms with van der Waals surface area (Å²) in [7, 11) is 0. The molecule has 0 spiro atoms. The van der Waals surface area contributed by atoms with Crippen molar-refractivity contribution in [2.45, 2.75) is 25.4 Å². The minimum Gasteiger partial charge on any atom is -0.310 e. The highest BCUT2D eigenvalue weighted by molar-refractivity contribution is 6.31. The van der Waals surface area contributed by atoms with E-state index in [1.54, 1.807) is 12.1 Å². The minimum atomic E-state index is -0.376. The highest BCUT2D eigenvalue weighted by Gasteiger charge is 2.20. The Balaban J connectivity index is 1.91. The van der Waals surface area contributed by atoms with Crippen LogP contribution in [0, 0.1) is 5.82 Å². The molecule has 3 rings (SSSR count). The zero-order valence-electron chi connectivity index (χ0n) is 10.5. The van der Waals surface area contributed by atoms with Gasteiger partial charge in [0.1, 0.15) is 5.82 Å². The molecule has 0 aliphatic heterocycles. The van der Waals surface area contributed by atoms with Crippen LogP contribution < -0.4 is 5.32 Å². The van der Waals surface area contributed by atoms with Gasteiger partial charge in [-0.25, -0.2) is 4.39 Å². The van der Waals surface area contributed by atoms with Crippen molar-refractivity contribution in [2.24, 2.45) is 0 Å². The Morgan fingerprint density at radius 1 is 1.16 bits per heavy atom. The van der Waals surface area contributed by atoms with Gasteiger partial charge in [-0.1, -0.05) is 41.9 Å². The van der Waals surface area contributed by atoms with Gasteiger partial charge >= 0.3 is 0 Å². The molecule has 1 N–H and O–H groups in total. The van der Waals surface area contributed by atoms with Gasteiger partial charge in [-0.05, 0) is 41.7 Å². The van der Waals surface area contributed by atoms with Gasteiger partial charge in [-0.3, -0.25) is 0 Å². The number of halogens is 2. The first-order valence-electron chi connectivity index (χ1n) is 6.51. The topological polar surface area (TPSA) is 12.0 Å². The summed E-state index contributed by atoms with van der Waals surface area (Å²) >= 11 is 5.86. The number of rotatable bonds is 4. The molecule has 0 unspecified atom stereocenters. The molecule has 98 valence electrons. The fourth-order valence-electron chi connectivity index (χ4n) is 2.16. The van der Waals surface area contributed by atoms with Gasteiger partial charge in [0.15, 0.2) is 0 Å². The number of benzene rings is 2. The summed E-state index contributed by atoms with van der Waals surface area (Å²) < 4.78 is 13.2. The Kier molecular flexibility index (Phi) is 3.54. The third-order valence-corrected chi connectivity index (χ3v) is 3.70. The van der Waals surface area contributed by atoms with Crippen molar-refractivity contribution in [1.82, 2.24) is 5.32 Å². The molecule has 1 fully saturated rings. The van der Waals surface area contributed by atoms with Crippen molar-refractivity contribution in [3.63, 3.8) is 0 Å². The molecule has 0 radical (unpaired) electrons. The Labute approximate surface area is 117 Å². The Bertz CT molecular complexity index is 593. The van der Waals surface area contributed by atoms with Crippen LogP contribution in [0.15, 0.2) is 42.5 Å². The van der Waals surface area contributed by atoms with E-state index in [0.29, 0.717) is 6.04 Å². The molecular weight excluding hydrogens is 261 g/mol. The van der Waals surface area contributed by atoms with Crippen molar-refractivity contribution >= 4 is 11.6 Å². The predicted molar refractivity (Wildman–Crippen MR) is 76.7 cm³/mol. The van der Waals surface area contributed by atoms with Gasteiger partial charge in [0, 0.05) is 12.6 Å². The van der Waals surface area contributed by atoms with Crippen molar-refractivity contribution in [3.8, 4) is 11.1 Å². The molecule has 1 saturated carbocycles. The van der Waals surface area contributed by atoms with E-state index in [-0.39, 0.29) is 10.8 Å². The van der Waals surface area contributed by atoms with Gasteiger partial charge in [0.25, 0.3) is 0 Å². The van der Waals surface area contributed by atoms with Crippen molar-refractivity contribution in [2.75, 3.05) is 0 Å². The molecule has 2 aromatic carbocycles. The standard InChI is InChI=1S/C16H15ClFN/c17-15-9-11(5-8-16(15)18)14-4-2-1-3-12(14)10-19-13-6-7-13/h1-5,8-9,13,19H,6-7,10H2. The molecule has 0 aromatic heterocycles. The molecule has 0 heterocycles. The Morgan fingerprint density at radius 2 is 1.95 bits per heavy atom. The maximum atomic E-state index is 13.2. The summed E-state index contributed by atoms with van der Waals surface area (Å²) in [5.41, 5.74) is 3.29. The number of hydrogen-bond acceptors (Lipinski definition) is 1. The average molecular weight is 276 g/mol. The van der Waals surface area contributed by atoms with Crippen LogP contribution in [0.3, 0.4) is 0 Å². The molecule has 1 nitrogen and oxygen atoms in total. The molecule has 0 saturated heterocycles. The number of hydrogen-bond donors (Lipinski definition) is 1. The Hall–Kier alpha value is -1.38. The van der Waals surface area contributed by atoms with Crippen LogP contribution in [0.2, 0.25) is 5.02 Å². The maximum Gasteiger partial charge on any atom is 0.141 e. The summed E-state index contributed by atoms with van der Waals surface area (Å²) in [5, 5.41) is 3.67. The van der Waals surface area contributed by atoms with Crippen LogP contribution >= 0.6 is 11.6 Å². The maximum absolute atomic E-state index is 13.2. The lowest BCUT2D eigenvalue weighted by atomic mass is 9.99. The molecule has 1 aliphatic rings. The van der Waals surface area contributed by atoms with Crippen molar-refractivity contribution < 1.29 is 4.39 Å². The average Bonchev–Trinajstić information content (AvgIpc) is 3.24. The van der Waals surface area contributed by atoms with Gasteiger partial charge in [-0.2, -0.15) is 0 Å². The second-order valence-corrected chi connectivity index (χ2v) is 5.35. The number of nitrogens with one attached hydrogen (secondary N) is 1. The summed E-state index contributed by atoms with van der Waals surface area (Å²) in [5.74, 6) is -0.376. The normalized spacial score (nSPS) is 14.6. The van der Waals surface area contributed by atoms with Crippen LogP contribution in [0.1, 0.15) is 18.4 Å². The third-order valence-electron chi connectivity index (χ3n) is 3.41. The quantitative estimate of drug-likeness (QED) is 0.872. The van der Waals surface area contributed by atoms with Gasteiger partial charge in [0.05, 0.1) is 5.02 Å². The predicted octanol–water partition coefficient (Wildman–Crippen LogP) is 4.40. The molecule has 3 heteroatoms. The van der Waals surface area contributed by atoms with Crippen LogP contribution in [-0.2, 0) is 6.54 Å². The molecule has 2 aromatic rings. The zero-order chi connectivity index (χ0) is 13.2. The van der Waals surface area contributed by atoms with E-state index < -0.39 is 0 Å². The van der Waals surface area contributed by atoms with E-state index in [9.17, 15) is 4.39 Å². The third kappa shape index (κ3) is 2.96. The van der Waals surface area contributed by atoms with E-state index in [2.05, 4.69) is 11.4 Å². The first-order valence-corrected chi connectivity index (χ1v) is 6.88. The van der Waals surface area contributed by atoms with Crippen LogP contribution in [-0.4, -0.2) is 6.04 Å². The van der Waals surface area contributed by atoms with Gasteiger partial charge in [0.2, 0.25) is 0 Å². The van der Waals surface area contributed by atoms with Gasteiger partial charge < -0.3 is 5.32 Å². The second kappa shape index (κ2) is 5.32. The van der Waals surface area contributed by atoms with Crippen LogP contribution in [0.5, 0.6) is 0 Å². The molecule has 19 heavy (non-hydrogen) atoms. The van der Waals surface area contributed by atoms with Gasteiger partial charge in [-0.15, -0.1) is 0 Å². The van der Waals surface area contributed by atoms with E-state index in [1.807, 2.05) is 18.2 Å². The second-order valence-electron chi connectivity index (χ2n) is 4.94. The highest BCUT2D eigenvalue weighted by atomic mass is 35.5. The molecule has 1 aliphatic carbocycles. The largest absolute Gasteiger partial charge is 0.310 e. The smallest absolute Gasteiger partial charge is 0.141 e. The lowest BCUT2D eigenvalue weighted by Crippen LogP contribution is -2.15. The summed E-state index contributed by atoms with van der Waals surface area (Å²) in [4.78, 5) is 0. The summed E-state index contributed by atoms with van der Waals surface area (Å²) in [6.07, 6.45) is 2.54. The van der Waals surface area contributed by atoms with E-state index in [0.717, 1.165) is 17.7 Å². The van der Waals surface area contributed by atoms with E-state index in [1.165, 1.54) is 24.5 Å². The summed E-state index contributed by atoms with van der Waals surface area (Å²) in [6, 6.07) is 13.7. The summed E-state index contributed by atoms with van der Waals surface area (Å²) in [6.45, 7) is 0.843. The molecule has 0 bridgehead atoms. The first-order chi connectivity index (χ1) is 9.24. The first kappa shape index (κ1) is 12.6. The molecule has 0 atom stereocenters. The molecule has 0 amide bonds. The highest BCUT2D eigenvalue weighted by Crippen LogP contribution is 2.28. The fourth-order valence-corrected chi connectivity index (χ4v) is 2.34. The molecular formula is C16H15ClFN. The van der Waals surface area contributed by atoms with Crippen LogP contribution in [0.4, 0.5) is 4.39 Å². The SMILES string of the molecule is Fc1ccc(-c2ccccc2CNC2CC2)cc1Cl. The van der Waals surface area contributed by atoms with E-state index >= 15 is 0 Å². The fraction of sp³-hybridized carbons (Fsp3) is 0.250. The van der Waals surface area contributed by atoms with Crippen LogP contribution in [0.25, 0.3) is 11.1 Å². The van der Waals surface area contributed by atoms with E-state index in [4.69, 9.17) is 11.6 Å².